The van der Waals surface area contributed by atoms with Crippen molar-refractivity contribution in [2.75, 3.05) is 5.75 Å². The van der Waals surface area contributed by atoms with Gasteiger partial charge in [0.15, 0.2) is 14.9 Å². The van der Waals surface area contributed by atoms with Crippen molar-refractivity contribution in [3.05, 3.63) is 48.8 Å². The lowest BCUT2D eigenvalue weighted by molar-refractivity contribution is 0.472. The van der Waals surface area contributed by atoms with Gasteiger partial charge in [0.05, 0.1) is 11.3 Å². The molecule has 2 heterocycles. The fourth-order valence-electron chi connectivity index (χ4n) is 2.04. The van der Waals surface area contributed by atoms with Gasteiger partial charge in [0, 0.05) is 23.7 Å². The van der Waals surface area contributed by atoms with E-state index in [2.05, 4.69) is 15.0 Å². The number of fused-ring (bicyclic) bond motifs is 1. The molecule has 0 fully saturated rings. The zero-order chi connectivity index (χ0) is 16.4. The molecule has 3 rings (SSSR count). The average molecular weight is 333 g/mol. The maximum absolute atomic E-state index is 13.1. The third kappa shape index (κ3) is 3.11. The minimum Gasteiger partial charge on any atom is -0.457 e. The van der Waals surface area contributed by atoms with E-state index in [1.54, 1.807) is 25.1 Å². The molecule has 0 saturated heterocycles. The Morgan fingerprint density at radius 1 is 1.09 bits per heavy atom. The number of hydrogen-bond donors (Lipinski definition) is 0. The quantitative estimate of drug-likeness (QED) is 0.539. The predicted molar refractivity (Wildman–Crippen MR) is 81.5 cm³/mol. The first kappa shape index (κ1) is 15.3. The van der Waals surface area contributed by atoms with Crippen molar-refractivity contribution in [2.45, 2.75) is 11.9 Å². The van der Waals surface area contributed by atoms with Crippen LogP contribution in [-0.2, 0) is 9.84 Å². The van der Waals surface area contributed by atoms with Crippen LogP contribution in [0.25, 0.3) is 10.9 Å². The molecule has 6 nitrogen and oxygen atoms in total. The lowest BCUT2D eigenvalue weighted by Gasteiger charge is -2.08. The highest BCUT2D eigenvalue weighted by molar-refractivity contribution is 7.91. The maximum atomic E-state index is 13.1. The third-order valence-electron chi connectivity index (χ3n) is 3.18. The smallest absolute Gasteiger partial charge is 0.216 e. The van der Waals surface area contributed by atoms with Gasteiger partial charge in [-0.3, -0.25) is 0 Å². The second-order valence-electron chi connectivity index (χ2n) is 4.68. The lowest BCUT2D eigenvalue weighted by Crippen LogP contribution is -2.07. The molecule has 0 N–H and O–H groups in total. The Labute approximate surface area is 131 Å². The molecule has 0 aliphatic carbocycles. The molecule has 0 aliphatic rings. The summed E-state index contributed by atoms with van der Waals surface area (Å²) in [5.74, 6) is -0.0101. The van der Waals surface area contributed by atoms with Gasteiger partial charge >= 0.3 is 0 Å². The number of benzene rings is 1. The Morgan fingerprint density at radius 2 is 1.87 bits per heavy atom. The van der Waals surface area contributed by atoms with Crippen molar-refractivity contribution >= 4 is 20.7 Å². The van der Waals surface area contributed by atoms with Crippen molar-refractivity contribution < 1.29 is 17.5 Å². The Kier molecular flexibility index (Phi) is 3.91. The Bertz CT molecular complexity index is 977. The number of rotatable bonds is 4. The van der Waals surface area contributed by atoms with Gasteiger partial charge in [-0.05, 0) is 18.2 Å². The summed E-state index contributed by atoms with van der Waals surface area (Å²) >= 11 is 0. The molecule has 8 heteroatoms. The van der Waals surface area contributed by atoms with Gasteiger partial charge in [-0.25, -0.2) is 23.4 Å². The fraction of sp³-hybridized carbons (Fsp3) is 0.133. The van der Waals surface area contributed by atoms with E-state index in [0.717, 1.165) is 6.07 Å². The highest BCUT2D eigenvalue weighted by Gasteiger charge is 2.17. The van der Waals surface area contributed by atoms with Gasteiger partial charge in [0.2, 0.25) is 5.95 Å². The minimum atomic E-state index is -3.45. The third-order valence-corrected chi connectivity index (χ3v) is 4.85. The monoisotopic (exact) mass is 333 g/mol. The van der Waals surface area contributed by atoms with Crippen LogP contribution in [0.1, 0.15) is 6.92 Å². The molecule has 3 aromatic rings. The summed E-state index contributed by atoms with van der Waals surface area (Å²) in [6.45, 7) is 1.55. The van der Waals surface area contributed by atoms with E-state index in [1.165, 1.54) is 18.6 Å². The summed E-state index contributed by atoms with van der Waals surface area (Å²) in [6.07, 6.45) is 2.49. The van der Waals surface area contributed by atoms with Gasteiger partial charge in [0.25, 0.3) is 0 Å². The molecule has 1 aromatic carbocycles. The zero-order valence-corrected chi connectivity index (χ0v) is 12.9. The number of aromatic nitrogens is 3. The van der Waals surface area contributed by atoms with E-state index in [9.17, 15) is 12.8 Å². The highest BCUT2D eigenvalue weighted by atomic mass is 32.2. The van der Waals surface area contributed by atoms with E-state index in [-0.39, 0.29) is 16.5 Å². The number of ether oxygens (including phenoxy) is 1. The van der Waals surface area contributed by atoms with Crippen LogP contribution in [0.4, 0.5) is 4.39 Å². The number of sulfone groups is 1. The van der Waals surface area contributed by atoms with E-state index < -0.39 is 15.8 Å². The molecular weight excluding hydrogens is 321 g/mol. The minimum absolute atomic E-state index is 0.00787. The van der Waals surface area contributed by atoms with Crippen LogP contribution in [-0.4, -0.2) is 29.1 Å². The van der Waals surface area contributed by atoms with Crippen molar-refractivity contribution in [2.24, 2.45) is 0 Å². The lowest BCUT2D eigenvalue weighted by atomic mass is 10.2. The predicted octanol–water partition coefficient (Wildman–Crippen LogP) is 2.75. The van der Waals surface area contributed by atoms with Crippen molar-refractivity contribution in [1.29, 1.82) is 0 Å². The van der Waals surface area contributed by atoms with Crippen LogP contribution in [0.15, 0.2) is 47.9 Å². The Morgan fingerprint density at radius 3 is 2.61 bits per heavy atom. The molecule has 23 heavy (non-hydrogen) atoms. The van der Waals surface area contributed by atoms with Crippen LogP contribution in [0.3, 0.4) is 0 Å². The van der Waals surface area contributed by atoms with Gasteiger partial charge in [-0.15, -0.1) is 0 Å². The highest BCUT2D eigenvalue weighted by Crippen LogP contribution is 2.27. The van der Waals surface area contributed by atoms with E-state index in [0.29, 0.717) is 16.7 Å². The number of nitrogens with zero attached hydrogens (tertiary/aromatic N) is 3. The molecule has 118 valence electrons. The molecule has 0 aliphatic heterocycles. The average Bonchev–Trinajstić information content (AvgIpc) is 2.54. The van der Waals surface area contributed by atoms with Crippen molar-refractivity contribution in [1.82, 2.24) is 15.0 Å². The summed E-state index contributed by atoms with van der Waals surface area (Å²) in [7, 11) is -3.45. The van der Waals surface area contributed by atoms with E-state index in [1.807, 2.05) is 0 Å². The second-order valence-corrected chi connectivity index (χ2v) is 6.87. The molecule has 0 amide bonds. The van der Waals surface area contributed by atoms with Gasteiger partial charge in [0.1, 0.15) is 17.8 Å². The second kappa shape index (κ2) is 5.88. The zero-order valence-electron chi connectivity index (χ0n) is 12.1. The molecule has 2 aromatic heterocycles. The van der Waals surface area contributed by atoms with Crippen LogP contribution in [0.2, 0.25) is 0 Å². The molecule has 0 atom stereocenters. The Hall–Kier alpha value is -2.61. The van der Waals surface area contributed by atoms with Crippen LogP contribution >= 0.6 is 0 Å². The number of hydrogen-bond acceptors (Lipinski definition) is 6. The molecule has 0 bridgehead atoms. The van der Waals surface area contributed by atoms with Crippen molar-refractivity contribution in [3.8, 4) is 11.5 Å². The molecule has 0 unspecified atom stereocenters. The number of pyridine rings is 1. The summed E-state index contributed by atoms with van der Waals surface area (Å²) in [5, 5.41) is 0.411. The maximum Gasteiger partial charge on any atom is 0.216 e. The van der Waals surface area contributed by atoms with Gasteiger partial charge in [-0.1, -0.05) is 6.92 Å². The first-order chi connectivity index (χ1) is 11.0. The first-order valence-electron chi connectivity index (χ1n) is 6.76. The summed E-state index contributed by atoms with van der Waals surface area (Å²) in [4.78, 5) is 11.4. The molecule has 0 saturated carbocycles. The summed E-state index contributed by atoms with van der Waals surface area (Å²) in [5.41, 5.74) is 0.430. The SMILES string of the molecule is CCS(=O)(=O)c1ncnc2cc(Oc3ccnc(F)c3)ccc12. The van der Waals surface area contributed by atoms with E-state index >= 15 is 0 Å². The molecule has 0 spiro atoms. The largest absolute Gasteiger partial charge is 0.457 e. The standard InChI is InChI=1S/C15H12FN3O3S/c1-2-23(20,21)15-12-4-3-10(7-13(12)18-9-19-15)22-11-5-6-17-14(16)8-11/h3-9H,2H2,1H3. The first-order valence-corrected chi connectivity index (χ1v) is 8.42. The topological polar surface area (TPSA) is 82.0 Å². The fourth-order valence-corrected chi connectivity index (χ4v) is 3.03. The molecule has 0 radical (unpaired) electrons. The molecular formula is C15H12FN3O3S. The van der Waals surface area contributed by atoms with Crippen molar-refractivity contribution in [3.63, 3.8) is 0 Å². The van der Waals surface area contributed by atoms with Gasteiger partial charge in [-0.2, -0.15) is 4.39 Å². The van der Waals surface area contributed by atoms with Crippen LogP contribution in [0.5, 0.6) is 11.5 Å². The van der Waals surface area contributed by atoms with Crippen LogP contribution in [0, 0.1) is 5.95 Å². The summed E-state index contributed by atoms with van der Waals surface area (Å²) in [6, 6.07) is 7.39. The normalized spacial score (nSPS) is 11.6. The van der Waals surface area contributed by atoms with Gasteiger partial charge < -0.3 is 4.74 Å². The van der Waals surface area contributed by atoms with E-state index in [4.69, 9.17) is 4.74 Å². The summed E-state index contributed by atoms with van der Waals surface area (Å²) < 4.78 is 42.7. The van der Waals surface area contributed by atoms with Crippen LogP contribution < -0.4 is 4.74 Å². The Balaban J connectivity index is 2.04. The number of halogens is 1.